The molecule has 3 rings (SSSR count). The summed E-state index contributed by atoms with van der Waals surface area (Å²) in [5, 5.41) is 2.85. The number of hydrogen-bond acceptors (Lipinski definition) is 2. The van der Waals surface area contributed by atoms with Crippen molar-refractivity contribution < 1.29 is 9.59 Å². The fourth-order valence-electron chi connectivity index (χ4n) is 2.61. The largest absolute Gasteiger partial charge is 0.324 e. The van der Waals surface area contributed by atoms with E-state index in [1.165, 1.54) is 0 Å². The van der Waals surface area contributed by atoms with E-state index in [2.05, 4.69) is 5.32 Å². The van der Waals surface area contributed by atoms with Gasteiger partial charge < -0.3 is 10.2 Å². The van der Waals surface area contributed by atoms with Crippen molar-refractivity contribution in [3.8, 4) is 0 Å². The van der Waals surface area contributed by atoms with Crippen LogP contribution in [0.25, 0.3) is 0 Å². The maximum Gasteiger partial charge on any atom is 0.253 e. The van der Waals surface area contributed by atoms with Crippen molar-refractivity contribution in [1.29, 1.82) is 0 Å². The fourth-order valence-corrected chi connectivity index (χ4v) is 2.61. The molecule has 1 aromatic rings. The average molecular weight is 256 g/mol. The van der Waals surface area contributed by atoms with Gasteiger partial charge in [0.1, 0.15) is 0 Å². The Kier molecular flexibility index (Phi) is 3.07. The van der Waals surface area contributed by atoms with E-state index < -0.39 is 0 Å². The number of rotatable bonds is 1. The minimum Gasteiger partial charge on any atom is -0.324 e. The van der Waals surface area contributed by atoms with Crippen LogP contribution in [0.15, 0.2) is 35.9 Å². The van der Waals surface area contributed by atoms with Gasteiger partial charge in [-0.05, 0) is 31.4 Å². The first-order valence-corrected chi connectivity index (χ1v) is 6.65. The predicted molar refractivity (Wildman–Crippen MR) is 74.0 cm³/mol. The van der Waals surface area contributed by atoms with Crippen molar-refractivity contribution in [1.82, 2.24) is 0 Å². The standard InChI is InChI=1S/C15H16N2O2/c18-14-9-10-17(15(19)11-5-1-2-6-11)13-8-4-3-7-12(13)16-14/h3-5,7-8H,1-2,6,9-10H2,(H,16,18). The Balaban J connectivity index is 1.97. The topological polar surface area (TPSA) is 49.4 Å². The summed E-state index contributed by atoms with van der Waals surface area (Å²) < 4.78 is 0. The maximum absolute atomic E-state index is 12.5. The zero-order chi connectivity index (χ0) is 13.2. The molecule has 2 amide bonds. The quantitative estimate of drug-likeness (QED) is 0.839. The molecule has 1 aromatic carbocycles. The van der Waals surface area contributed by atoms with Crippen molar-refractivity contribution in [3.63, 3.8) is 0 Å². The van der Waals surface area contributed by atoms with E-state index in [1.54, 1.807) is 4.90 Å². The first-order chi connectivity index (χ1) is 9.25. The Labute approximate surface area is 112 Å². The number of fused-ring (bicyclic) bond motifs is 1. The van der Waals surface area contributed by atoms with Gasteiger partial charge in [-0.15, -0.1) is 0 Å². The van der Waals surface area contributed by atoms with E-state index in [0.717, 1.165) is 36.2 Å². The molecule has 4 nitrogen and oxygen atoms in total. The maximum atomic E-state index is 12.5. The van der Waals surface area contributed by atoms with Crippen LogP contribution in [0.1, 0.15) is 25.7 Å². The summed E-state index contributed by atoms with van der Waals surface area (Å²) in [6, 6.07) is 7.47. The zero-order valence-corrected chi connectivity index (χ0v) is 10.7. The molecule has 2 aliphatic rings. The molecule has 0 aromatic heterocycles. The Bertz CT molecular complexity index is 563. The normalized spacial score (nSPS) is 18.4. The molecule has 0 unspecified atom stereocenters. The fraction of sp³-hybridized carbons (Fsp3) is 0.333. The molecule has 1 N–H and O–H groups in total. The lowest BCUT2D eigenvalue weighted by molar-refractivity contribution is -0.116. The van der Waals surface area contributed by atoms with Gasteiger partial charge in [-0.25, -0.2) is 0 Å². The Morgan fingerprint density at radius 3 is 2.84 bits per heavy atom. The number of anilines is 2. The van der Waals surface area contributed by atoms with E-state index >= 15 is 0 Å². The Morgan fingerprint density at radius 2 is 2.05 bits per heavy atom. The number of carbonyl (C=O) groups is 2. The van der Waals surface area contributed by atoms with Gasteiger partial charge in [0, 0.05) is 18.5 Å². The second-order valence-corrected chi connectivity index (χ2v) is 4.89. The SMILES string of the molecule is O=C1CCN(C(=O)C2=CCCC2)c2ccccc2N1. The van der Waals surface area contributed by atoms with Crippen LogP contribution in [-0.4, -0.2) is 18.4 Å². The lowest BCUT2D eigenvalue weighted by Crippen LogP contribution is -2.32. The molecule has 0 saturated heterocycles. The van der Waals surface area contributed by atoms with Crippen molar-refractivity contribution in [2.45, 2.75) is 25.7 Å². The van der Waals surface area contributed by atoms with Crippen LogP contribution in [0.3, 0.4) is 0 Å². The van der Waals surface area contributed by atoms with Crippen molar-refractivity contribution in [2.75, 3.05) is 16.8 Å². The summed E-state index contributed by atoms with van der Waals surface area (Å²) in [6.45, 7) is 0.443. The van der Waals surface area contributed by atoms with Gasteiger partial charge in [-0.2, -0.15) is 0 Å². The number of amides is 2. The van der Waals surface area contributed by atoms with Crippen LogP contribution in [-0.2, 0) is 9.59 Å². The summed E-state index contributed by atoms with van der Waals surface area (Å²) in [5.41, 5.74) is 2.40. The van der Waals surface area contributed by atoms with Crippen LogP contribution < -0.4 is 10.2 Å². The highest BCUT2D eigenvalue weighted by Gasteiger charge is 2.26. The summed E-state index contributed by atoms with van der Waals surface area (Å²) >= 11 is 0. The number of nitrogens with one attached hydrogen (secondary N) is 1. The van der Waals surface area contributed by atoms with Crippen LogP contribution in [0.5, 0.6) is 0 Å². The third-order valence-electron chi connectivity index (χ3n) is 3.59. The molecule has 0 radical (unpaired) electrons. The lowest BCUT2D eigenvalue weighted by atomic mass is 10.1. The van der Waals surface area contributed by atoms with Crippen LogP contribution in [0.4, 0.5) is 11.4 Å². The Hall–Kier alpha value is -2.10. The van der Waals surface area contributed by atoms with E-state index in [4.69, 9.17) is 0 Å². The van der Waals surface area contributed by atoms with Gasteiger partial charge in [0.05, 0.1) is 11.4 Å². The molecule has 0 spiro atoms. The van der Waals surface area contributed by atoms with Crippen molar-refractivity contribution in [3.05, 3.63) is 35.9 Å². The average Bonchev–Trinajstić information content (AvgIpc) is 2.89. The number of carbonyl (C=O) groups excluding carboxylic acids is 2. The van der Waals surface area contributed by atoms with Crippen molar-refractivity contribution in [2.24, 2.45) is 0 Å². The molecule has 19 heavy (non-hydrogen) atoms. The van der Waals surface area contributed by atoms with E-state index in [1.807, 2.05) is 30.3 Å². The van der Waals surface area contributed by atoms with Gasteiger partial charge in [0.2, 0.25) is 5.91 Å². The molecule has 1 heterocycles. The second-order valence-electron chi connectivity index (χ2n) is 4.89. The highest BCUT2D eigenvalue weighted by atomic mass is 16.2. The predicted octanol–water partition coefficient (Wildman–Crippen LogP) is 2.47. The minimum absolute atomic E-state index is 0.0387. The summed E-state index contributed by atoms with van der Waals surface area (Å²) in [4.78, 5) is 25.9. The molecule has 1 aliphatic heterocycles. The summed E-state index contributed by atoms with van der Waals surface area (Å²) in [5.74, 6) is 0.00426. The monoisotopic (exact) mass is 256 g/mol. The van der Waals surface area contributed by atoms with Crippen LogP contribution in [0, 0.1) is 0 Å². The molecular weight excluding hydrogens is 240 g/mol. The van der Waals surface area contributed by atoms with Gasteiger partial charge in [-0.1, -0.05) is 18.2 Å². The van der Waals surface area contributed by atoms with E-state index in [-0.39, 0.29) is 11.8 Å². The summed E-state index contributed by atoms with van der Waals surface area (Å²) in [6.07, 6.45) is 5.24. The first-order valence-electron chi connectivity index (χ1n) is 6.65. The molecule has 0 saturated carbocycles. The third-order valence-corrected chi connectivity index (χ3v) is 3.59. The minimum atomic E-state index is -0.0387. The van der Waals surface area contributed by atoms with Gasteiger partial charge in [-0.3, -0.25) is 9.59 Å². The van der Waals surface area contributed by atoms with E-state index in [0.29, 0.717) is 13.0 Å². The number of hydrogen-bond donors (Lipinski definition) is 1. The smallest absolute Gasteiger partial charge is 0.253 e. The number of nitrogens with zero attached hydrogens (tertiary/aromatic N) is 1. The van der Waals surface area contributed by atoms with Gasteiger partial charge in [0.25, 0.3) is 5.91 Å². The van der Waals surface area contributed by atoms with Crippen molar-refractivity contribution >= 4 is 23.2 Å². The van der Waals surface area contributed by atoms with Crippen LogP contribution in [0.2, 0.25) is 0 Å². The number of para-hydroxylation sites is 2. The van der Waals surface area contributed by atoms with Crippen LogP contribution >= 0.6 is 0 Å². The lowest BCUT2D eigenvalue weighted by Gasteiger charge is -2.22. The third kappa shape index (κ3) is 2.26. The van der Waals surface area contributed by atoms with E-state index in [9.17, 15) is 9.59 Å². The molecular formula is C15H16N2O2. The summed E-state index contributed by atoms with van der Waals surface area (Å²) in [7, 11) is 0. The number of allylic oxidation sites excluding steroid dienone is 1. The Morgan fingerprint density at radius 1 is 1.21 bits per heavy atom. The molecule has 1 aliphatic carbocycles. The molecule has 0 fully saturated rings. The van der Waals surface area contributed by atoms with Gasteiger partial charge in [0.15, 0.2) is 0 Å². The molecule has 98 valence electrons. The molecule has 4 heteroatoms. The number of benzene rings is 1. The molecule has 0 atom stereocenters. The first kappa shape index (κ1) is 12.0. The highest BCUT2D eigenvalue weighted by Crippen LogP contribution is 2.31. The second kappa shape index (κ2) is 4.88. The zero-order valence-electron chi connectivity index (χ0n) is 10.7. The van der Waals surface area contributed by atoms with Gasteiger partial charge >= 0.3 is 0 Å². The molecule has 0 bridgehead atoms. The highest BCUT2D eigenvalue weighted by molar-refractivity contribution is 6.10.